The van der Waals surface area contributed by atoms with Crippen LogP contribution in [0.5, 0.6) is 5.75 Å². The monoisotopic (exact) mass is 333 g/mol. The second kappa shape index (κ2) is 9.15. The Labute approximate surface area is 143 Å². The van der Waals surface area contributed by atoms with Gasteiger partial charge in [-0.25, -0.2) is 4.79 Å². The predicted molar refractivity (Wildman–Crippen MR) is 93.0 cm³/mol. The third kappa shape index (κ3) is 5.15. The maximum absolute atomic E-state index is 12.0. The molecule has 1 saturated carbocycles. The second-order valence-corrected chi connectivity index (χ2v) is 6.12. The maximum Gasteiger partial charge on any atom is 0.315 e. The molecule has 1 fully saturated rings. The molecule has 6 nitrogen and oxygen atoms in total. The van der Waals surface area contributed by atoms with Crippen LogP contribution in [0.25, 0.3) is 0 Å². The lowest BCUT2D eigenvalue weighted by Crippen LogP contribution is -2.45. The maximum atomic E-state index is 12.0. The number of carbonyl (C=O) groups excluding carboxylic acids is 2. The number of hydrogen-bond donors (Lipinski definition) is 3. The van der Waals surface area contributed by atoms with Crippen LogP contribution in [0.4, 0.5) is 4.79 Å². The number of urea groups is 1. The Balaban J connectivity index is 1.68. The van der Waals surface area contributed by atoms with E-state index in [0.29, 0.717) is 6.54 Å². The van der Waals surface area contributed by atoms with Gasteiger partial charge in [0.1, 0.15) is 5.75 Å². The van der Waals surface area contributed by atoms with Crippen LogP contribution < -0.4 is 20.7 Å². The molecular weight excluding hydrogens is 306 g/mol. The molecule has 3 N–H and O–H groups in total. The van der Waals surface area contributed by atoms with Gasteiger partial charge in [0.25, 0.3) is 0 Å². The minimum atomic E-state index is -0.145. The number of para-hydroxylation sites is 1. The van der Waals surface area contributed by atoms with Gasteiger partial charge in [0.15, 0.2) is 0 Å². The Morgan fingerprint density at radius 2 is 1.88 bits per heavy atom. The average molecular weight is 333 g/mol. The smallest absolute Gasteiger partial charge is 0.315 e. The fourth-order valence-electron chi connectivity index (χ4n) is 3.16. The molecule has 0 saturated heterocycles. The summed E-state index contributed by atoms with van der Waals surface area (Å²) in [4.78, 5) is 23.6. The van der Waals surface area contributed by atoms with Gasteiger partial charge < -0.3 is 20.7 Å². The lowest BCUT2D eigenvalue weighted by Gasteiger charge is -2.28. The Morgan fingerprint density at radius 1 is 1.17 bits per heavy atom. The number of carbonyl (C=O) groups is 2. The third-order valence-corrected chi connectivity index (χ3v) is 4.55. The molecule has 0 bridgehead atoms. The fraction of sp³-hybridized carbons (Fsp3) is 0.556. The van der Waals surface area contributed by atoms with Crippen LogP contribution in [-0.4, -0.2) is 38.7 Å². The number of amides is 3. The normalized spacial score (nSPS) is 20.1. The van der Waals surface area contributed by atoms with E-state index in [2.05, 4.69) is 16.0 Å². The first-order chi connectivity index (χ1) is 11.6. The fourth-order valence-corrected chi connectivity index (χ4v) is 3.16. The van der Waals surface area contributed by atoms with E-state index in [-0.39, 0.29) is 23.9 Å². The highest BCUT2D eigenvalue weighted by Gasteiger charge is 2.26. The van der Waals surface area contributed by atoms with Gasteiger partial charge >= 0.3 is 6.03 Å². The van der Waals surface area contributed by atoms with Gasteiger partial charge in [0.05, 0.1) is 7.11 Å². The van der Waals surface area contributed by atoms with Gasteiger partial charge in [-0.3, -0.25) is 4.79 Å². The van der Waals surface area contributed by atoms with E-state index in [1.807, 2.05) is 24.3 Å². The summed E-state index contributed by atoms with van der Waals surface area (Å²) in [6.07, 6.45) is 4.06. The average Bonchev–Trinajstić information content (AvgIpc) is 2.62. The van der Waals surface area contributed by atoms with Gasteiger partial charge in [-0.2, -0.15) is 0 Å². The standard InChI is InChI=1S/C18H27N3O3/c1-19-17(22)14-7-9-15(10-8-14)21-18(23)20-12-11-13-5-3-4-6-16(13)24-2/h3-6,14-15H,7-12H2,1-2H3,(H,19,22)(H2,20,21,23). The van der Waals surface area contributed by atoms with Crippen molar-refractivity contribution in [2.45, 2.75) is 38.1 Å². The zero-order chi connectivity index (χ0) is 17.4. The third-order valence-electron chi connectivity index (χ3n) is 4.55. The van der Waals surface area contributed by atoms with Crippen LogP contribution in [0.1, 0.15) is 31.2 Å². The van der Waals surface area contributed by atoms with Gasteiger partial charge in [0, 0.05) is 25.6 Å². The van der Waals surface area contributed by atoms with Crippen LogP contribution >= 0.6 is 0 Å². The van der Waals surface area contributed by atoms with Gasteiger partial charge in [-0.1, -0.05) is 18.2 Å². The Kier molecular flexibility index (Phi) is 6.90. The summed E-state index contributed by atoms with van der Waals surface area (Å²) in [6, 6.07) is 7.81. The number of methoxy groups -OCH3 is 1. The molecule has 0 unspecified atom stereocenters. The van der Waals surface area contributed by atoms with Crippen molar-refractivity contribution in [3.8, 4) is 5.75 Å². The van der Waals surface area contributed by atoms with Crippen molar-refractivity contribution in [3.05, 3.63) is 29.8 Å². The number of benzene rings is 1. The minimum Gasteiger partial charge on any atom is -0.496 e. The molecule has 2 rings (SSSR count). The topological polar surface area (TPSA) is 79.5 Å². The summed E-state index contributed by atoms with van der Waals surface area (Å²) in [6.45, 7) is 0.555. The molecular formula is C18H27N3O3. The summed E-state index contributed by atoms with van der Waals surface area (Å²) in [7, 11) is 3.32. The Morgan fingerprint density at radius 3 is 2.54 bits per heavy atom. The lowest BCUT2D eigenvalue weighted by molar-refractivity contribution is -0.125. The summed E-state index contributed by atoms with van der Waals surface area (Å²) in [5.74, 6) is 1.03. The van der Waals surface area contributed by atoms with Crippen LogP contribution in [0.3, 0.4) is 0 Å². The SMILES string of the molecule is CNC(=O)C1CCC(NC(=O)NCCc2ccccc2OC)CC1. The van der Waals surface area contributed by atoms with E-state index in [0.717, 1.165) is 43.4 Å². The minimum absolute atomic E-state index is 0.0849. The van der Waals surface area contributed by atoms with Crippen LogP contribution in [-0.2, 0) is 11.2 Å². The van der Waals surface area contributed by atoms with Crippen molar-refractivity contribution in [2.75, 3.05) is 20.7 Å². The number of hydrogen-bond acceptors (Lipinski definition) is 3. The van der Waals surface area contributed by atoms with E-state index in [1.54, 1.807) is 14.2 Å². The molecule has 1 aromatic carbocycles. The molecule has 0 aliphatic heterocycles. The van der Waals surface area contributed by atoms with Crippen LogP contribution in [0.15, 0.2) is 24.3 Å². The summed E-state index contributed by atoms with van der Waals surface area (Å²) in [5, 5.41) is 8.58. The largest absolute Gasteiger partial charge is 0.496 e. The van der Waals surface area contributed by atoms with Crippen molar-refractivity contribution in [1.82, 2.24) is 16.0 Å². The first kappa shape index (κ1) is 18.1. The number of rotatable bonds is 6. The molecule has 0 heterocycles. The van der Waals surface area contributed by atoms with E-state index in [9.17, 15) is 9.59 Å². The molecule has 0 radical (unpaired) electrons. The summed E-state index contributed by atoms with van der Waals surface area (Å²) < 4.78 is 5.30. The van der Waals surface area contributed by atoms with Crippen LogP contribution in [0, 0.1) is 5.92 Å². The summed E-state index contributed by atoms with van der Waals surface area (Å²) in [5.41, 5.74) is 1.08. The Hall–Kier alpha value is -2.24. The Bertz CT molecular complexity index is 554. The van der Waals surface area contributed by atoms with E-state index >= 15 is 0 Å². The quantitative estimate of drug-likeness (QED) is 0.743. The van der Waals surface area contributed by atoms with E-state index in [4.69, 9.17) is 4.74 Å². The second-order valence-electron chi connectivity index (χ2n) is 6.12. The zero-order valence-corrected chi connectivity index (χ0v) is 14.4. The molecule has 3 amide bonds. The van der Waals surface area contributed by atoms with Crippen molar-refractivity contribution in [3.63, 3.8) is 0 Å². The first-order valence-electron chi connectivity index (χ1n) is 8.52. The molecule has 1 aromatic rings. The highest BCUT2D eigenvalue weighted by molar-refractivity contribution is 5.78. The van der Waals surface area contributed by atoms with Gasteiger partial charge in [-0.15, -0.1) is 0 Å². The van der Waals surface area contributed by atoms with Crippen molar-refractivity contribution < 1.29 is 14.3 Å². The zero-order valence-electron chi connectivity index (χ0n) is 14.4. The molecule has 1 aliphatic rings. The molecule has 0 atom stereocenters. The molecule has 0 aromatic heterocycles. The molecule has 1 aliphatic carbocycles. The highest BCUT2D eigenvalue weighted by Crippen LogP contribution is 2.24. The number of ether oxygens (including phenoxy) is 1. The molecule has 0 spiro atoms. The van der Waals surface area contributed by atoms with E-state index in [1.165, 1.54) is 0 Å². The van der Waals surface area contributed by atoms with Crippen molar-refractivity contribution >= 4 is 11.9 Å². The van der Waals surface area contributed by atoms with Crippen molar-refractivity contribution in [1.29, 1.82) is 0 Å². The molecule has 132 valence electrons. The predicted octanol–water partition coefficient (Wildman–Crippen LogP) is 1.84. The number of nitrogens with one attached hydrogen (secondary N) is 3. The molecule has 24 heavy (non-hydrogen) atoms. The highest BCUT2D eigenvalue weighted by atomic mass is 16.5. The van der Waals surface area contributed by atoms with E-state index < -0.39 is 0 Å². The summed E-state index contributed by atoms with van der Waals surface area (Å²) >= 11 is 0. The molecule has 6 heteroatoms. The van der Waals surface area contributed by atoms with Gasteiger partial charge in [0.2, 0.25) is 5.91 Å². The van der Waals surface area contributed by atoms with Crippen LogP contribution in [0.2, 0.25) is 0 Å². The van der Waals surface area contributed by atoms with Gasteiger partial charge in [-0.05, 0) is 43.7 Å². The first-order valence-corrected chi connectivity index (χ1v) is 8.52. The van der Waals surface area contributed by atoms with Crippen molar-refractivity contribution in [2.24, 2.45) is 5.92 Å². The lowest BCUT2D eigenvalue weighted by atomic mass is 9.85.